The third-order valence-corrected chi connectivity index (χ3v) is 7.92. The third kappa shape index (κ3) is 9.08. The molecule has 0 saturated heterocycles. The first-order valence-corrected chi connectivity index (χ1v) is 15.7. The predicted octanol–water partition coefficient (Wildman–Crippen LogP) is 7.31. The van der Waals surface area contributed by atoms with Crippen LogP contribution in [0.3, 0.4) is 0 Å². The molecule has 3 N–H and O–H groups in total. The standard InChI is InChI=1S/C36H38F2N8O3/c1-21(6-9-28-29(37)18-27(49-5)19-30(28)38)41-32(23(3)22(2)24-7-8-24)34-45-35(42-25-10-14-39-15-11-25)33(44-31(47)20-48-4)36(46-34)43-26-12-16-40-17-13-26/h6,10-19,24H,7-9,20H2,1-5H3,(H,44,47)(H2,39,40,42,43,45,46). The molecule has 4 aromatic rings. The van der Waals surface area contributed by atoms with Gasteiger partial charge in [-0.25, -0.2) is 23.7 Å². The highest BCUT2D eigenvalue weighted by Crippen LogP contribution is 2.39. The highest BCUT2D eigenvalue weighted by Gasteiger charge is 2.28. The van der Waals surface area contributed by atoms with Gasteiger partial charge in [0.05, 0.1) is 7.11 Å². The zero-order valence-corrected chi connectivity index (χ0v) is 28.0. The second-order valence-corrected chi connectivity index (χ2v) is 11.5. The van der Waals surface area contributed by atoms with E-state index in [2.05, 4.69) is 32.8 Å². The number of aromatic nitrogens is 4. The molecule has 0 unspecified atom stereocenters. The summed E-state index contributed by atoms with van der Waals surface area (Å²) in [4.78, 5) is 35.8. The number of rotatable bonds is 14. The maximum absolute atomic E-state index is 14.8. The van der Waals surface area contributed by atoms with E-state index in [4.69, 9.17) is 24.4 Å². The Hall–Kier alpha value is -5.56. The lowest BCUT2D eigenvalue weighted by atomic mass is 10.0. The van der Waals surface area contributed by atoms with Gasteiger partial charge in [0, 0.05) is 66.7 Å². The Kier molecular flexibility index (Phi) is 11.4. The fraction of sp³-hybridized carbons (Fsp3) is 0.278. The van der Waals surface area contributed by atoms with Crippen molar-refractivity contribution in [1.29, 1.82) is 0 Å². The lowest BCUT2D eigenvalue weighted by Gasteiger charge is -2.19. The van der Waals surface area contributed by atoms with Crippen LogP contribution in [0.1, 0.15) is 45.0 Å². The number of nitrogens with one attached hydrogen (secondary N) is 3. The Morgan fingerprint density at radius 1 is 0.918 bits per heavy atom. The zero-order chi connectivity index (χ0) is 34.9. The molecule has 0 spiro atoms. The Bertz CT molecular complexity index is 1810. The summed E-state index contributed by atoms with van der Waals surface area (Å²) in [7, 11) is 2.78. The first-order valence-electron chi connectivity index (χ1n) is 15.7. The Morgan fingerprint density at radius 2 is 1.47 bits per heavy atom. The number of anilines is 5. The Balaban J connectivity index is 1.67. The Labute approximate surface area is 283 Å². The van der Waals surface area contributed by atoms with Crippen LogP contribution in [-0.2, 0) is 16.0 Å². The average molecular weight is 669 g/mol. The van der Waals surface area contributed by atoms with Crippen molar-refractivity contribution in [3.8, 4) is 5.75 Å². The first kappa shape index (κ1) is 34.8. The molecule has 1 aromatic carbocycles. The third-order valence-electron chi connectivity index (χ3n) is 7.92. The van der Waals surface area contributed by atoms with Crippen molar-refractivity contribution < 1.29 is 23.0 Å². The fourth-order valence-corrected chi connectivity index (χ4v) is 4.99. The van der Waals surface area contributed by atoms with E-state index < -0.39 is 17.5 Å². The molecule has 3 aromatic heterocycles. The highest BCUT2D eigenvalue weighted by atomic mass is 19.1. The van der Waals surface area contributed by atoms with Crippen molar-refractivity contribution in [1.82, 2.24) is 19.9 Å². The molecule has 13 heteroatoms. The van der Waals surface area contributed by atoms with Gasteiger partial charge in [-0.15, -0.1) is 0 Å². The number of hydrogen-bond acceptors (Lipinski definition) is 10. The molecule has 0 aliphatic heterocycles. The molecule has 1 saturated carbocycles. The van der Waals surface area contributed by atoms with E-state index in [0.29, 0.717) is 28.7 Å². The molecular weight excluding hydrogens is 630 g/mol. The van der Waals surface area contributed by atoms with Gasteiger partial charge >= 0.3 is 0 Å². The van der Waals surface area contributed by atoms with Gasteiger partial charge in [0.15, 0.2) is 17.5 Å². The van der Waals surface area contributed by atoms with Gasteiger partial charge in [0.1, 0.15) is 35.4 Å². The van der Waals surface area contributed by atoms with Crippen molar-refractivity contribution in [2.45, 2.75) is 40.0 Å². The van der Waals surface area contributed by atoms with Crippen LogP contribution in [0, 0.1) is 17.6 Å². The van der Waals surface area contributed by atoms with Crippen LogP contribution in [0.2, 0.25) is 0 Å². The number of carbonyl (C=O) groups is 1. The van der Waals surface area contributed by atoms with Crippen molar-refractivity contribution in [2.24, 2.45) is 10.9 Å². The number of hydrogen-bond donors (Lipinski definition) is 3. The van der Waals surface area contributed by atoms with Crippen LogP contribution in [0.15, 0.2) is 89.1 Å². The monoisotopic (exact) mass is 668 g/mol. The number of benzene rings is 1. The molecule has 11 nitrogen and oxygen atoms in total. The molecule has 1 fully saturated rings. The van der Waals surface area contributed by atoms with Crippen LogP contribution in [0.5, 0.6) is 5.75 Å². The van der Waals surface area contributed by atoms with Gasteiger partial charge in [-0.2, -0.15) is 0 Å². The van der Waals surface area contributed by atoms with Crippen molar-refractivity contribution in [2.75, 3.05) is 36.8 Å². The summed E-state index contributed by atoms with van der Waals surface area (Å²) in [5, 5.41) is 9.45. The van der Waals surface area contributed by atoms with Gasteiger partial charge in [-0.1, -0.05) is 11.6 Å². The summed E-state index contributed by atoms with van der Waals surface area (Å²) >= 11 is 0. The minimum Gasteiger partial charge on any atom is -0.497 e. The average Bonchev–Trinajstić information content (AvgIpc) is 3.94. The van der Waals surface area contributed by atoms with Crippen molar-refractivity contribution in [3.63, 3.8) is 0 Å². The SMILES string of the molecule is COCC(=O)Nc1c(Nc2ccncc2)nc(C(=NC(C)=CCc2c(F)cc(OC)cc2F)C(C)=C(C)C2CC2)nc1Nc1ccncc1. The number of carbonyl (C=O) groups excluding carboxylic acids is 1. The van der Waals surface area contributed by atoms with E-state index in [9.17, 15) is 13.6 Å². The molecule has 49 heavy (non-hydrogen) atoms. The van der Waals surface area contributed by atoms with Crippen molar-refractivity contribution in [3.05, 3.63) is 107 Å². The number of nitrogens with zero attached hydrogens (tertiary/aromatic N) is 5. The summed E-state index contributed by atoms with van der Waals surface area (Å²) in [6.45, 7) is 5.59. The van der Waals surface area contributed by atoms with E-state index in [0.717, 1.165) is 36.1 Å². The lowest BCUT2D eigenvalue weighted by Crippen LogP contribution is -2.21. The normalized spacial score (nSPS) is 13.9. The van der Waals surface area contributed by atoms with Crippen LogP contribution < -0.4 is 20.7 Å². The summed E-state index contributed by atoms with van der Waals surface area (Å²) in [5.41, 5.74) is 4.49. The maximum Gasteiger partial charge on any atom is 0.250 e. The van der Waals surface area contributed by atoms with Crippen LogP contribution >= 0.6 is 0 Å². The second kappa shape index (κ2) is 16.0. The molecule has 254 valence electrons. The van der Waals surface area contributed by atoms with Gasteiger partial charge in [-0.3, -0.25) is 14.8 Å². The van der Waals surface area contributed by atoms with Crippen LogP contribution in [0.4, 0.5) is 37.5 Å². The van der Waals surface area contributed by atoms with Crippen LogP contribution in [-0.4, -0.2) is 52.4 Å². The maximum atomic E-state index is 14.8. The lowest BCUT2D eigenvalue weighted by molar-refractivity contribution is -0.119. The fourth-order valence-electron chi connectivity index (χ4n) is 4.99. The van der Waals surface area contributed by atoms with Gasteiger partial charge in [0.25, 0.3) is 5.91 Å². The zero-order valence-electron chi connectivity index (χ0n) is 28.0. The minimum atomic E-state index is -0.709. The number of pyridine rings is 2. The number of ether oxygens (including phenoxy) is 2. The summed E-state index contributed by atoms with van der Waals surface area (Å²) in [6, 6.07) is 9.36. The Morgan fingerprint density at radius 3 is 1.96 bits per heavy atom. The quantitative estimate of drug-likeness (QED) is 0.118. The summed E-state index contributed by atoms with van der Waals surface area (Å²) < 4.78 is 39.6. The van der Waals surface area contributed by atoms with Gasteiger partial charge in [-0.05, 0) is 75.8 Å². The first-order chi connectivity index (χ1) is 23.7. The van der Waals surface area contributed by atoms with E-state index in [1.165, 1.54) is 14.2 Å². The van der Waals surface area contributed by atoms with E-state index in [1.807, 2.05) is 6.92 Å². The molecule has 0 bridgehead atoms. The molecule has 5 rings (SSSR count). The van der Waals surface area contributed by atoms with Gasteiger partial charge in [0.2, 0.25) is 0 Å². The number of methoxy groups -OCH3 is 2. The van der Waals surface area contributed by atoms with E-state index >= 15 is 0 Å². The molecule has 0 atom stereocenters. The number of aliphatic imine (C=N–C) groups is 1. The van der Waals surface area contributed by atoms with Crippen LogP contribution in [0.25, 0.3) is 0 Å². The van der Waals surface area contributed by atoms with E-state index in [-0.39, 0.29) is 47.5 Å². The second-order valence-electron chi connectivity index (χ2n) is 11.5. The molecule has 1 aliphatic rings. The number of amides is 1. The smallest absolute Gasteiger partial charge is 0.250 e. The van der Waals surface area contributed by atoms with E-state index in [1.54, 1.807) is 62.1 Å². The summed E-state index contributed by atoms with van der Waals surface area (Å²) in [6.07, 6.45) is 10.3. The molecule has 1 amide bonds. The largest absolute Gasteiger partial charge is 0.497 e. The topological polar surface area (TPSA) is 136 Å². The molecule has 0 radical (unpaired) electrons. The predicted molar refractivity (Wildman–Crippen MR) is 186 cm³/mol. The molecule has 3 heterocycles. The number of allylic oxidation sites excluding steroid dienone is 4. The van der Waals surface area contributed by atoms with Crippen molar-refractivity contribution >= 4 is 40.3 Å². The highest BCUT2D eigenvalue weighted by molar-refractivity contribution is 6.12. The summed E-state index contributed by atoms with van der Waals surface area (Å²) in [5.74, 6) is -0.504. The minimum absolute atomic E-state index is 0.0380. The number of halogens is 2. The molecule has 1 aliphatic carbocycles. The molecular formula is C36H38F2N8O3. The van der Waals surface area contributed by atoms with Gasteiger partial charge < -0.3 is 25.4 Å².